The molecule has 0 atom stereocenters. The molecule has 13 heavy (non-hydrogen) atoms. The number of hydrogen-bond acceptors (Lipinski definition) is 3. The van der Waals surface area contributed by atoms with E-state index >= 15 is 0 Å². The van der Waals surface area contributed by atoms with Crippen molar-refractivity contribution in [1.82, 2.24) is 14.8 Å². The zero-order valence-electron chi connectivity index (χ0n) is 7.06. The lowest BCUT2D eigenvalue weighted by molar-refractivity contribution is 0.1000. The number of nitrogens with zero attached hydrogens (tertiary/aromatic N) is 3. The fourth-order valence-electron chi connectivity index (χ4n) is 1.18. The zero-order chi connectivity index (χ0) is 9.42. The maximum absolute atomic E-state index is 10.8. The van der Waals surface area contributed by atoms with Gasteiger partial charge in [0.2, 0.25) is 5.91 Å². The second kappa shape index (κ2) is 2.55. The van der Waals surface area contributed by atoms with Gasteiger partial charge in [-0.15, -0.1) is 0 Å². The number of hydrogen-bond donors (Lipinski definition) is 1. The normalized spacial score (nSPS) is 10.5. The molecule has 2 rings (SSSR count). The molecule has 5 nitrogen and oxygen atoms in total. The van der Waals surface area contributed by atoms with Gasteiger partial charge in [0.05, 0.1) is 11.8 Å². The van der Waals surface area contributed by atoms with Crippen LogP contribution in [0.5, 0.6) is 0 Å². The summed E-state index contributed by atoms with van der Waals surface area (Å²) in [5.74, 6) is -0.474. The lowest BCUT2D eigenvalue weighted by Crippen LogP contribution is -2.11. The Hall–Kier alpha value is -1.91. The van der Waals surface area contributed by atoms with E-state index in [1.54, 1.807) is 24.0 Å². The van der Waals surface area contributed by atoms with Gasteiger partial charge in [-0.05, 0) is 6.07 Å². The SMILES string of the molecule is Cn1ncc2cc(C(N)=O)cnc21. The number of pyridine rings is 1. The van der Waals surface area contributed by atoms with E-state index in [1.165, 1.54) is 6.20 Å². The molecular formula is C8H8N4O. The highest BCUT2D eigenvalue weighted by Crippen LogP contribution is 2.10. The van der Waals surface area contributed by atoms with Crippen molar-refractivity contribution in [2.24, 2.45) is 12.8 Å². The number of amides is 1. The van der Waals surface area contributed by atoms with Crippen LogP contribution in [0.1, 0.15) is 10.4 Å². The second-order valence-corrected chi connectivity index (χ2v) is 2.77. The Kier molecular flexibility index (Phi) is 1.51. The molecule has 0 saturated heterocycles. The van der Waals surface area contributed by atoms with E-state index in [1.807, 2.05) is 0 Å². The number of aromatic nitrogens is 3. The Morgan fingerprint density at radius 1 is 1.54 bits per heavy atom. The van der Waals surface area contributed by atoms with Crippen LogP contribution in [0.3, 0.4) is 0 Å². The third-order valence-electron chi connectivity index (χ3n) is 1.86. The van der Waals surface area contributed by atoms with Crippen LogP contribution in [0.25, 0.3) is 11.0 Å². The van der Waals surface area contributed by atoms with Crippen LogP contribution >= 0.6 is 0 Å². The van der Waals surface area contributed by atoms with Crippen molar-refractivity contribution in [2.45, 2.75) is 0 Å². The first kappa shape index (κ1) is 7.72. The molecule has 2 aromatic heterocycles. The molecule has 1 amide bonds. The monoisotopic (exact) mass is 176 g/mol. The Bertz CT molecular complexity index is 474. The summed E-state index contributed by atoms with van der Waals surface area (Å²) in [6.07, 6.45) is 3.10. The summed E-state index contributed by atoms with van der Waals surface area (Å²) in [6.45, 7) is 0. The van der Waals surface area contributed by atoms with E-state index < -0.39 is 5.91 Å². The molecule has 66 valence electrons. The van der Waals surface area contributed by atoms with Crippen molar-refractivity contribution in [3.63, 3.8) is 0 Å². The lowest BCUT2D eigenvalue weighted by Gasteiger charge is -1.95. The van der Waals surface area contributed by atoms with E-state index in [0.717, 1.165) is 11.0 Å². The van der Waals surface area contributed by atoms with Crippen molar-refractivity contribution >= 4 is 16.9 Å². The van der Waals surface area contributed by atoms with E-state index in [9.17, 15) is 4.79 Å². The molecule has 0 unspecified atom stereocenters. The quantitative estimate of drug-likeness (QED) is 0.668. The molecule has 0 bridgehead atoms. The van der Waals surface area contributed by atoms with Gasteiger partial charge in [-0.3, -0.25) is 9.48 Å². The largest absolute Gasteiger partial charge is 0.366 e. The van der Waals surface area contributed by atoms with Gasteiger partial charge in [-0.1, -0.05) is 0 Å². The summed E-state index contributed by atoms with van der Waals surface area (Å²) in [5, 5.41) is 4.82. The molecule has 2 heterocycles. The Labute approximate surface area is 74.2 Å². The molecule has 0 aliphatic carbocycles. The third-order valence-corrected chi connectivity index (χ3v) is 1.86. The van der Waals surface area contributed by atoms with Gasteiger partial charge in [0.15, 0.2) is 5.65 Å². The highest BCUT2D eigenvalue weighted by Gasteiger charge is 2.05. The minimum Gasteiger partial charge on any atom is -0.366 e. The Morgan fingerprint density at radius 2 is 2.31 bits per heavy atom. The average Bonchev–Trinajstić information content (AvgIpc) is 2.47. The highest BCUT2D eigenvalue weighted by molar-refractivity contribution is 5.95. The first-order valence-electron chi connectivity index (χ1n) is 3.76. The minimum absolute atomic E-state index is 0.403. The number of fused-ring (bicyclic) bond motifs is 1. The van der Waals surface area contributed by atoms with Gasteiger partial charge in [0.1, 0.15) is 0 Å². The Morgan fingerprint density at radius 3 is 3.00 bits per heavy atom. The van der Waals surface area contributed by atoms with Crippen LogP contribution in [-0.2, 0) is 7.05 Å². The fraction of sp³-hybridized carbons (Fsp3) is 0.125. The van der Waals surface area contributed by atoms with Crippen LogP contribution in [-0.4, -0.2) is 20.7 Å². The van der Waals surface area contributed by atoms with Gasteiger partial charge in [-0.2, -0.15) is 5.10 Å². The second-order valence-electron chi connectivity index (χ2n) is 2.77. The molecule has 0 aliphatic heterocycles. The van der Waals surface area contributed by atoms with Crippen LogP contribution in [0.15, 0.2) is 18.5 Å². The van der Waals surface area contributed by atoms with Gasteiger partial charge in [0, 0.05) is 18.6 Å². The summed E-state index contributed by atoms with van der Waals surface area (Å²) in [4.78, 5) is 14.9. The number of nitrogens with two attached hydrogens (primary N) is 1. The lowest BCUT2D eigenvalue weighted by atomic mass is 10.2. The number of carbonyl (C=O) groups excluding carboxylic acids is 1. The molecule has 0 spiro atoms. The van der Waals surface area contributed by atoms with Crippen LogP contribution in [0, 0.1) is 0 Å². The standard InChI is InChI=1S/C8H8N4O/c1-12-8-6(4-11-12)2-5(3-10-8)7(9)13/h2-4H,1H3,(H2,9,13). The van der Waals surface area contributed by atoms with Crippen LogP contribution in [0.4, 0.5) is 0 Å². The molecule has 2 N–H and O–H groups in total. The molecule has 0 fully saturated rings. The molecule has 5 heteroatoms. The maximum atomic E-state index is 10.8. The first-order valence-corrected chi connectivity index (χ1v) is 3.76. The molecule has 0 aromatic carbocycles. The van der Waals surface area contributed by atoms with E-state index in [-0.39, 0.29) is 0 Å². The molecule has 0 aliphatic rings. The van der Waals surface area contributed by atoms with Crippen molar-refractivity contribution in [3.8, 4) is 0 Å². The summed E-state index contributed by atoms with van der Waals surface area (Å²) >= 11 is 0. The number of carbonyl (C=O) groups is 1. The fourth-order valence-corrected chi connectivity index (χ4v) is 1.18. The van der Waals surface area contributed by atoms with Crippen molar-refractivity contribution in [1.29, 1.82) is 0 Å². The first-order chi connectivity index (χ1) is 6.18. The van der Waals surface area contributed by atoms with E-state index in [4.69, 9.17) is 5.73 Å². The van der Waals surface area contributed by atoms with Gasteiger partial charge < -0.3 is 5.73 Å². The molecule has 0 radical (unpaired) electrons. The highest BCUT2D eigenvalue weighted by atomic mass is 16.1. The van der Waals surface area contributed by atoms with Crippen molar-refractivity contribution < 1.29 is 4.79 Å². The minimum atomic E-state index is -0.474. The maximum Gasteiger partial charge on any atom is 0.250 e. The summed E-state index contributed by atoms with van der Waals surface area (Å²) in [6, 6.07) is 1.68. The molecule has 2 aromatic rings. The van der Waals surface area contributed by atoms with Crippen LogP contribution < -0.4 is 5.73 Å². The molecule has 0 saturated carbocycles. The van der Waals surface area contributed by atoms with Crippen molar-refractivity contribution in [3.05, 3.63) is 24.0 Å². The summed E-state index contributed by atoms with van der Waals surface area (Å²) in [7, 11) is 1.79. The van der Waals surface area contributed by atoms with Gasteiger partial charge in [-0.25, -0.2) is 4.98 Å². The molecular weight excluding hydrogens is 168 g/mol. The van der Waals surface area contributed by atoms with Gasteiger partial charge >= 0.3 is 0 Å². The van der Waals surface area contributed by atoms with Crippen LogP contribution in [0.2, 0.25) is 0 Å². The van der Waals surface area contributed by atoms with Gasteiger partial charge in [0.25, 0.3) is 0 Å². The topological polar surface area (TPSA) is 73.8 Å². The summed E-state index contributed by atoms with van der Waals surface area (Å²) in [5.41, 5.74) is 6.25. The number of rotatable bonds is 1. The smallest absolute Gasteiger partial charge is 0.250 e. The van der Waals surface area contributed by atoms with E-state index in [2.05, 4.69) is 10.1 Å². The zero-order valence-corrected chi connectivity index (χ0v) is 7.06. The summed E-state index contributed by atoms with van der Waals surface area (Å²) < 4.78 is 1.64. The van der Waals surface area contributed by atoms with Crippen molar-refractivity contribution in [2.75, 3.05) is 0 Å². The Balaban J connectivity index is 2.70. The number of aryl methyl sites for hydroxylation is 1. The predicted octanol–water partition coefficient (Wildman–Crippen LogP) is 0.0672. The number of primary amides is 1. The predicted molar refractivity (Wildman–Crippen MR) is 47.0 cm³/mol. The van der Waals surface area contributed by atoms with E-state index in [0.29, 0.717) is 5.56 Å². The average molecular weight is 176 g/mol. The third kappa shape index (κ3) is 1.14.